The first-order chi connectivity index (χ1) is 13.8. The number of nitrogens with zero attached hydrogens (tertiary/aromatic N) is 3. The molecule has 0 radical (unpaired) electrons. The summed E-state index contributed by atoms with van der Waals surface area (Å²) in [5.41, 5.74) is 0.619. The fourth-order valence-corrected chi connectivity index (χ4v) is 4.88. The lowest BCUT2D eigenvalue weighted by atomic mass is 10.1. The van der Waals surface area contributed by atoms with Gasteiger partial charge in [0.25, 0.3) is 5.69 Å². The number of nitro groups is 1. The normalized spacial score (nSPS) is 15.3. The summed E-state index contributed by atoms with van der Waals surface area (Å²) in [5, 5.41) is 11.5. The molecular formula is C19H20ClN3O5S. The van der Waals surface area contributed by atoms with Crippen molar-refractivity contribution < 1.29 is 18.1 Å². The second-order valence-corrected chi connectivity index (χ2v) is 8.98. The SMILES string of the molecule is O=C(CCc1ccccc1Cl)N1CCN(S(=O)(=O)c2cccc([N+](=O)[O-])c2)CC1. The summed E-state index contributed by atoms with van der Waals surface area (Å²) in [7, 11) is -3.85. The van der Waals surface area contributed by atoms with Crippen LogP contribution in [-0.4, -0.2) is 54.6 Å². The standard InChI is InChI=1S/C19H20ClN3O5S/c20-18-7-2-1-4-15(18)8-9-19(24)21-10-12-22(13-11-21)29(27,28)17-6-3-5-16(14-17)23(25)26/h1-7,14H,8-13H2. The predicted molar refractivity (Wildman–Crippen MR) is 108 cm³/mol. The van der Waals surface area contributed by atoms with Gasteiger partial charge in [0, 0.05) is 49.8 Å². The van der Waals surface area contributed by atoms with Gasteiger partial charge in [-0.1, -0.05) is 35.9 Å². The number of hydrogen-bond donors (Lipinski definition) is 0. The molecule has 1 aliphatic heterocycles. The molecule has 0 atom stereocenters. The van der Waals surface area contributed by atoms with E-state index in [1.165, 1.54) is 22.5 Å². The highest BCUT2D eigenvalue weighted by Gasteiger charge is 2.30. The molecule has 0 saturated carbocycles. The Morgan fingerprint density at radius 2 is 1.76 bits per heavy atom. The maximum atomic E-state index is 12.8. The van der Waals surface area contributed by atoms with Crippen molar-refractivity contribution in [2.24, 2.45) is 0 Å². The molecule has 1 aliphatic rings. The van der Waals surface area contributed by atoms with Gasteiger partial charge in [0.15, 0.2) is 0 Å². The molecule has 2 aromatic rings. The highest BCUT2D eigenvalue weighted by molar-refractivity contribution is 7.89. The van der Waals surface area contributed by atoms with Gasteiger partial charge in [0.1, 0.15) is 0 Å². The number of halogens is 1. The number of non-ortho nitro benzene ring substituents is 1. The quantitative estimate of drug-likeness (QED) is 0.510. The zero-order chi connectivity index (χ0) is 21.0. The van der Waals surface area contributed by atoms with Crippen molar-refractivity contribution in [2.45, 2.75) is 17.7 Å². The van der Waals surface area contributed by atoms with Gasteiger partial charge in [0.05, 0.1) is 9.82 Å². The second-order valence-electron chi connectivity index (χ2n) is 6.63. The van der Waals surface area contributed by atoms with Gasteiger partial charge >= 0.3 is 0 Å². The van der Waals surface area contributed by atoms with E-state index in [2.05, 4.69) is 0 Å². The van der Waals surface area contributed by atoms with Crippen LogP contribution in [0.3, 0.4) is 0 Å². The minimum Gasteiger partial charge on any atom is -0.340 e. The maximum Gasteiger partial charge on any atom is 0.270 e. The van der Waals surface area contributed by atoms with Gasteiger partial charge < -0.3 is 4.90 Å². The molecule has 1 saturated heterocycles. The van der Waals surface area contributed by atoms with Crippen LogP contribution in [0.5, 0.6) is 0 Å². The number of benzene rings is 2. The van der Waals surface area contributed by atoms with E-state index in [0.717, 1.165) is 11.6 Å². The van der Waals surface area contributed by atoms with Gasteiger partial charge in [0.2, 0.25) is 15.9 Å². The van der Waals surface area contributed by atoms with E-state index in [4.69, 9.17) is 11.6 Å². The van der Waals surface area contributed by atoms with Crippen molar-refractivity contribution in [1.82, 2.24) is 9.21 Å². The Kier molecular flexibility index (Phi) is 6.51. The summed E-state index contributed by atoms with van der Waals surface area (Å²) in [6, 6.07) is 12.3. The van der Waals surface area contributed by atoms with Gasteiger partial charge in [-0.25, -0.2) is 8.42 Å². The number of carbonyl (C=O) groups excluding carboxylic acids is 1. The van der Waals surface area contributed by atoms with E-state index in [-0.39, 0.29) is 42.7 Å². The third-order valence-electron chi connectivity index (χ3n) is 4.82. The largest absolute Gasteiger partial charge is 0.340 e. The summed E-state index contributed by atoms with van der Waals surface area (Å²) in [6.45, 7) is 0.830. The van der Waals surface area contributed by atoms with Gasteiger partial charge in [-0.3, -0.25) is 14.9 Å². The van der Waals surface area contributed by atoms with E-state index in [9.17, 15) is 23.3 Å². The summed E-state index contributed by atoms with van der Waals surface area (Å²) >= 11 is 6.11. The van der Waals surface area contributed by atoms with Crippen LogP contribution in [0.25, 0.3) is 0 Å². The van der Waals surface area contributed by atoms with Crippen molar-refractivity contribution in [3.63, 3.8) is 0 Å². The fraction of sp³-hybridized carbons (Fsp3) is 0.316. The van der Waals surface area contributed by atoms with E-state index < -0.39 is 14.9 Å². The zero-order valence-electron chi connectivity index (χ0n) is 15.5. The molecule has 0 N–H and O–H groups in total. The number of carbonyl (C=O) groups is 1. The predicted octanol–water partition coefficient (Wildman–Crippen LogP) is 2.71. The molecular weight excluding hydrogens is 418 g/mol. The Hall–Kier alpha value is -2.49. The molecule has 8 nitrogen and oxygen atoms in total. The zero-order valence-corrected chi connectivity index (χ0v) is 17.1. The average molecular weight is 438 g/mol. The third kappa shape index (κ3) is 4.92. The van der Waals surface area contributed by atoms with E-state index >= 15 is 0 Å². The van der Waals surface area contributed by atoms with Crippen LogP contribution in [0, 0.1) is 10.1 Å². The van der Waals surface area contributed by atoms with E-state index in [0.29, 0.717) is 17.9 Å². The number of sulfonamides is 1. The maximum absolute atomic E-state index is 12.8. The minimum absolute atomic E-state index is 0.0580. The first kappa shape index (κ1) is 21.2. The molecule has 1 fully saturated rings. The number of amides is 1. The molecule has 10 heteroatoms. The molecule has 0 aliphatic carbocycles. The number of rotatable bonds is 6. The summed E-state index contributed by atoms with van der Waals surface area (Å²) < 4.78 is 26.8. The minimum atomic E-state index is -3.85. The first-order valence-electron chi connectivity index (χ1n) is 9.05. The van der Waals surface area contributed by atoms with Gasteiger partial charge in [-0.2, -0.15) is 4.31 Å². The number of nitro benzene ring substituents is 1. The van der Waals surface area contributed by atoms with Gasteiger partial charge in [-0.15, -0.1) is 0 Å². The monoisotopic (exact) mass is 437 g/mol. The fourth-order valence-electron chi connectivity index (χ4n) is 3.19. The molecule has 2 aromatic carbocycles. The molecule has 0 spiro atoms. The molecule has 0 bridgehead atoms. The Bertz CT molecular complexity index is 1020. The van der Waals surface area contributed by atoms with Crippen LogP contribution in [0.1, 0.15) is 12.0 Å². The number of piperazine rings is 1. The van der Waals surface area contributed by atoms with Crippen LogP contribution < -0.4 is 0 Å². The van der Waals surface area contributed by atoms with Gasteiger partial charge in [-0.05, 0) is 24.1 Å². The lowest BCUT2D eigenvalue weighted by Crippen LogP contribution is -2.50. The van der Waals surface area contributed by atoms with Crippen molar-refractivity contribution in [3.8, 4) is 0 Å². The molecule has 0 unspecified atom stereocenters. The molecule has 1 heterocycles. The molecule has 0 aromatic heterocycles. The Labute approximate surface area is 173 Å². The van der Waals surface area contributed by atoms with E-state index in [1.54, 1.807) is 11.0 Å². The topological polar surface area (TPSA) is 101 Å². The van der Waals surface area contributed by atoms with Crippen LogP contribution in [-0.2, 0) is 21.2 Å². The molecule has 29 heavy (non-hydrogen) atoms. The van der Waals surface area contributed by atoms with Crippen molar-refractivity contribution >= 4 is 33.2 Å². The van der Waals surface area contributed by atoms with Crippen LogP contribution in [0.4, 0.5) is 5.69 Å². The summed E-state index contributed by atoms with van der Waals surface area (Å²) in [5.74, 6) is -0.0580. The molecule has 3 rings (SSSR count). The highest BCUT2D eigenvalue weighted by atomic mass is 35.5. The Balaban J connectivity index is 1.59. The van der Waals surface area contributed by atoms with Crippen molar-refractivity contribution in [1.29, 1.82) is 0 Å². The Morgan fingerprint density at radius 3 is 2.41 bits per heavy atom. The lowest BCUT2D eigenvalue weighted by molar-refractivity contribution is -0.385. The summed E-state index contributed by atoms with van der Waals surface area (Å²) in [4.78, 5) is 24.3. The van der Waals surface area contributed by atoms with Crippen molar-refractivity contribution in [3.05, 3.63) is 69.2 Å². The van der Waals surface area contributed by atoms with E-state index in [1.807, 2.05) is 18.2 Å². The average Bonchev–Trinajstić information content (AvgIpc) is 2.73. The second kappa shape index (κ2) is 8.89. The smallest absolute Gasteiger partial charge is 0.270 e. The lowest BCUT2D eigenvalue weighted by Gasteiger charge is -2.34. The molecule has 154 valence electrons. The Morgan fingerprint density at radius 1 is 1.07 bits per heavy atom. The number of hydrogen-bond acceptors (Lipinski definition) is 5. The van der Waals surface area contributed by atoms with Crippen LogP contribution in [0.2, 0.25) is 5.02 Å². The third-order valence-corrected chi connectivity index (χ3v) is 7.09. The molecule has 1 amide bonds. The van der Waals surface area contributed by atoms with Crippen LogP contribution >= 0.6 is 11.6 Å². The summed E-state index contributed by atoms with van der Waals surface area (Å²) in [6.07, 6.45) is 0.812. The first-order valence-corrected chi connectivity index (χ1v) is 10.9. The number of aryl methyl sites for hydroxylation is 1. The highest BCUT2D eigenvalue weighted by Crippen LogP contribution is 2.22. The van der Waals surface area contributed by atoms with Crippen molar-refractivity contribution in [2.75, 3.05) is 26.2 Å². The van der Waals surface area contributed by atoms with Crippen LogP contribution in [0.15, 0.2) is 53.4 Å².